The van der Waals surface area contributed by atoms with E-state index in [2.05, 4.69) is 8.44 Å². The molecule has 0 radical (unpaired) electrons. The molecule has 0 aromatic heterocycles. The Balaban J connectivity index is 1.66. The van der Waals surface area contributed by atoms with Crippen molar-refractivity contribution in [1.82, 2.24) is 0 Å². The summed E-state index contributed by atoms with van der Waals surface area (Å²) in [6.45, 7) is 0.143. The summed E-state index contributed by atoms with van der Waals surface area (Å²) >= 11 is 1.95. The third kappa shape index (κ3) is 6.32. The summed E-state index contributed by atoms with van der Waals surface area (Å²) in [6.07, 6.45) is 0. The maximum absolute atomic E-state index is 15.5. The number of phenolic OH excluding ortho intramolecular Hbond substituents is 2. The van der Waals surface area contributed by atoms with Crippen LogP contribution in [0.4, 0.5) is 4.39 Å². The zero-order valence-corrected chi connectivity index (χ0v) is 21.6. The van der Waals surface area contributed by atoms with Crippen LogP contribution in [0.1, 0.15) is 26.7 Å². The lowest BCUT2D eigenvalue weighted by atomic mass is 10.0. The Bertz CT molecular complexity index is 1340. The fraction of sp³-hybridized carbons (Fsp3) is 0.0741. The number of thioether (sulfide) groups is 1. The van der Waals surface area contributed by atoms with Crippen molar-refractivity contribution >= 4 is 37.6 Å². The number of Topliss-reactive ketones (excluding diaryl/α,β-unsaturated/α-hetero) is 1. The lowest BCUT2D eigenvalue weighted by molar-refractivity contribution is 0.0989. The zero-order chi connectivity index (χ0) is 25.5. The van der Waals surface area contributed by atoms with Crippen molar-refractivity contribution in [2.75, 3.05) is 0 Å². The second-order valence-electron chi connectivity index (χ2n) is 7.66. The van der Waals surface area contributed by atoms with Crippen LogP contribution in [0, 0.1) is 5.82 Å². The van der Waals surface area contributed by atoms with Gasteiger partial charge in [-0.3, -0.25) is 4.79 Å². The van der Waals surface area contributed by atoms with Crippen LogP contribution in [0.5, 0.6) is 23.0 Å². The van der Waals surface area contributed by atoms with Crippen LogP contribution in [-0.2, 0) is 6.61 Å². The van der Waals surface area contributed by atoms with Gasteiger partial charge in [-0.05, 0) is 68.1 Å². The van der Waals surface area contributed by atoms with Crippen molar-refractivity contribution in [3.8, 4) is 23.0 Å². The van der Waals surface area contributed by atoms with Gasteiger partial charge in [0.05, 0.1) is 21.8 Å². The van der Waals surface area contributed by atoms with Crippen LogP contribution in [0.25, 0.3) is 0 Å². The van der Waals surface area contributed by atoms with E-state index in [-0.39, 0.29) is 34.5 Å². The summed E-state index contributed by atoms with van der Waals surface area (Å²) in [5.41, 5.74) is 1.69. The minimum atomic E-state index is -0.954. The molecule has 0 aliphatic carbocycles. The molecule has 0 aliphatic heterocycles. The van der Waals surface area contributed by atoms with E-state index >= 15 is 4.39 Å². The number of hydrogen-bond acceptors (Lipinski definition) is 7. The van der Waals surface area contributed by atoms with E-state index in [0.29, 0.717) is 16.9 Å². The minimum absolute atomic E-state index is 0.0308. The first-order valence-electron chi connectivity index (χ1n) is 10.8. The van der Waals surface area contributed by atoms with Crippen molar-refractivity contribution in [3.05, 3.63) is 114 Å². The Morgan fingerprint density at radius 3 is 2.39 bits per heavy atom. The average molecular weight is 541 g/mol. The summed E-state index contributed by atoms with van der Waals surface area (Å²) in [5.74, 6) is -0.918. The smallest absolute Gasteiger partial charge is 0.182 e. The highest BCUT2D eigenvalue weighted by molar-refractivity contribution is 8.41. The Kier molecular flexibility index (Phi) is 8.75. The number of halogens is 1. The van der Waals surface area contributed by atoms with Crippen molar-refractivity contribution in [2.24, 2.45) is 0 Å². The molecule has 0 saturated carbocycles. The van der Waals surface area contributed by atoms with E-state index < -0.39 is 11.1 Å². The molecule has 9 heteroatoms. The van der Waals surface area contributed by atoms with Crippen LogP contribution in [-0.4, -0.2) is 16.0 Å². The number of carbonyl (C=O) groups is 1. The molecule has 0 aliphatic rings. The molecule has 4 aromatic rings. The Morgan fingerprint density at radius 2 is 1.69 bits per heavy atom. The molecule has 36 heavy (non-hydrogen) atoms. The van der Waals surface area contributed by atoms with E-state index in [9.17, 15) is 15.0 Å². The normalized spacial score (nSPS) is 11.6. The molecule has 0 heterocycles. The first kappa shape index (κ1) is 25.9. The summed E-state index contributed by atoms with van der Waals surface area (Å²) in [7, 11) is 2.37. The highest BCUT2D eigenvalue weighted by atomic mass is 32.7. The number of aromatic hydroxyl groups is 2. The molecule has 0 amide bonds. The SMILES string of the molecule is O=C(c1ccc(OSP)cc1)C(Sc1c(O)ccc(OCc2ccccc2)c1F)c1cccc(O)c1. The largest absolute Gasteiger partial charge is 0.508 e. The van der Waals surface area contributed by atoms with Gasteiger partial charge in [0.25, 0.3) is 0 Å². The number of hydrogen-bond donors (Lipinski definition) is 2. The monoisotopic (exact) mass is 540 g/mol. The molecule has 2 N–H and O–H groups in total. The molecule has 2 unspecified atom stereocenters. The highest BCUT2D eigenvalue weighted by Crippen LogP contribution is 2.45. The second-order valence-corrected chi connectivity index (χ2v) is 9.71. The third-order valence-electron chi connectivity index (χ3n) is 5.21. The number of benzene rings is 4. The number of ether oxygens (including phenoxy) is 1. The van der Waals surface area contributed by atoms with E-state index in [4.69, 9.17) is 8.92 Å². The molecule has 0 spiro atoms. The van der Waals surface area contributed by atoms with Crippen LogP contribution < -0.4 is 8.92 Å². The maximum Gasteiger partial charge on any atom is 0.182 e. The van der Waals surface area contributed by atoms with E-state index in [0.717, 1.165) is 29.0 Å². The number of carbonyl (C=O) groups excluding carboxylic acids is 1. The Morgan fingerprint density at radius 1 is 0.944 bits per heavy atom. The second kappa shape index (κ2) is 12.2. The first-order chi connectivity index (χ1) is 17.5. The molecule has 0 fully saturated rings. The fourth-order valence-electron chi connectivity index (χ4n) is 3.45. The fourth-order valence-corrected chi connectivity index (χ4v) is 5.16. The van der Waals surface area contributed by atoms with Crippen LogP contribution in [0.2, 0.25) is 0 Å². The summed E-state index contributed by atoms with van der Waals surface area (Å²) in [5, 5.41) is 19.6. The van der Waals surface area contributed by atoms with Gasteiger partial charge >= 0.3 is 0 Å². The number of phenols is 2. The Labute approximate surface area is 218 Å². The lowest BCUT2D eigenvalue weighted by Crippen LogP contribution is -2.10. The standard InChI is InChI=1S/C27H22FO5PS2/c28-24-23(32-16-17-5-2-1-3-6-17)14-13-22(30)27(24)35-26(19-7-4-8-20(29)15-19)25(31)18-9-11-21(12-10-18)33-36-34/h1-15,26,29-30H,16,34H2. The molecule has 184 valence electrons. The molecule has 0 bridgehead atoms. The average Bonchev–Trinajstić information content (AvgIpc) is 2.89. The van der Waals surface area contributed by atoms with Crippen molar-refractivity contribution in [1.29, 1.82) is 0 Å². The number of ketones is 1. The first-order valence-corrected chi connectivity index (χ1v) is 13.9. The molecule has 4 rings (SSSR count). The van der Waals surface area contributed by atoms with Gasteiger partial charge in [-0.15, -0.1) is 11.8 Å². The van der Waals surface area contributed by atoms with Crippen LogP contribution in [0.15, 0.2) is 95.9 Å². The van der Waals surface area contributed by atoms with E-state index in [1.165, 1.54) is 24.3 Å². The van der Waals surface area contributed by atoms with Gasteiger partial charge in [-0.1, -0.05) is 42.5 Å². The van der Waals surface area contributed by atoms with E-state index in [1.54, 1.807) is 36.4 Å². The van der Waals surface area contributed by atoms with Crippen molar-refractivity contribution in [2.45, 2.75) is 16.8 Å². The molecule has 0 saturated heterocycles. The van der Waals surface area contributed by atoms with Gasteiger partial charge in [0.15, 0.2) is 17.3 Å². The van der Waals surface area contributed by atoms with Gasteiger partial charge in [-0.25, -0.2) is 4.39 Å². The zero-order valence-electron chi connectivity index (χ0n) is 18.8. The predicted molar refractivity (Wildman–Crippen MR) is 144 cm³/mol. The lowest BCUT2D eigenvalue weighted by Gasteiger charge is -2.19. The van der Waals surface area contributed by atoms with Gasteiger partial charge in [0, 0.05) is 5.56 Å². The summed E-state index contributed by atoms with van der Waals surface area (Å²) < 4.78 is 26.5. The molecular formula is C27H22FO5PS2. The van der Waals surface area contributed by atoms with Gasteiger partial charge in [0.1, 0.15) is 23.9 Å². The van der Waals surface area contributed by atoms with Gasteiger partial charge in [0.2, 0.25) is 0 Å². The Hall–Kier alpha value is -3.19. The summed E-state index contributed by atoms with van der Waals surface area (Å²) in [6, 6.07) is 24.8. The quantitative estimate of drug-likeness (QED) is 0.0943. The summed E-state index contributed by atoms with van der Waals surface area (Å²) in [4.78, 5) is 13.4. The third-order valence-corrected chi connectivity index (χ3v) is 7.13. The van der Waals surface area contributed by atoms with Crippen molar-refractivity contribution < 1.29 is 28.3 Å². The molecule has 2 atom stereocenters. The van der Waals surface area contributed by atoms with Crippen LogP contribution in [0.3, 0.4) is 0 Å². The van der Waals surface area contributed by atoms with Crippen molar-refractivity contribution in [3.63, 3.8) is 0 Å². The van der Waals surface area contributed by atoms with Gasteiger partial charge in [-0.2, -0.15) is 0 Å². The van der Waals surface area contributed by atoms with Gasteiger partial charge < -0.3 is 19.1 Å². The highest BCUT2D eigenvalue weighted by Gasteiger charge is 2.28. The predicted octanol–water partition coefficient (Wildman–Crippen LogP) is 7.35. The topological polar surface area (TPSA) is 76.0 Å². The minimum Gasteiger partial charge on any atom is -0.508 e. The molecule has 5 nitrogen and oxygen atoms in total. The van der Waals surface area contributed by atoms with E-state index in [1.807, 2.05) is 30.3 Å². The molecular weight excluding hydrogens is 518 g/mol. The molecule has 4 aromatic carbocycles. The maximum atomic E-state index is 15.5. The van der Waals surface area contributed by atoms with Crippen LogP contribution >= 0.6 is 31.9 Å². The number of rotatable bonds is 10.